The van der Waals surface area contributed by atoms with E-state index in [9.17, 15) is 4.39 Å². The third-order valence-corrected chi connectivity index (χ3v) is 6.62. The van der Waals surface area contributed by atoms with Gasteiger partial charge in [-0.15, -0.1) is 5.10 Å². The minimum Gasteiger partial charge on any atom is -0.376 e. The molecule has 2 aliphatic rings. The van der Waals surface area contributed by atoms with Crippen LogP contribution in [0.1, 0.15) is 30.3 Å². The standard InChI is InChI=1S/C23H26ClFN6O/c24-19-8-2-1-7-18(19)22(23-26-27-28-31(23)16-17-6-5-15-32-17)30-13-11-29(12-14-30)21-10-4-3-9-20(21)25/h1-4,7-10,17,22H,5-6,11-16H2. The first-order valence-electron chi connectivity index (χ1n) is 11.1. The molecule has 2 saturated heterocycles. The lowest BCUT2D eigenvalue weighted by Crippen LogP contribution is -2.48. The maximum atomic E-state index is 14.3. The van der Waals surface area contributed by atoms with Crippen LogP contribution in [0.4, 0.5) is 10.1 Å². The van der Waals surface area contributed by atoms with Crippen LogP contribution < -0.4 is 4.90 Å². The summed E-state index contributed by atoms with van der Waals surface area (Å²) in [5.41, 5.74) is 1.61. The smallest absolute Gasteiger partial charge is 0.173 e. The molecule has 2 atom stereocenters. The molecule has 0 radical (unpaired) electrons. The number of para-hydroxylation sites is 1. The Morgan fingerprint density at radius 1 is 1.06 bits per heavy atom. The van der Waals surface area contributed by atoms with Gasteiger partial charge in [0, 0.05) is 37.8 Å². The van der Waals surface area contributed by atoms with Crippen LogP contribution in [-0.2, 0) is 11.3 Å². The molecule has 2 aromatic carbocycles. The summed E-state index contributed by atoms with van der Waals surface area (Å²) in [6, 6.07) is 14.6. The summed E-state index contributed by atoms with van der Waals surface area (Å²) < 4.78 is 22.0. The zero-order chi connectivity index (χ0) is 21.9. The highest BCUT2D eigenvalue weighted by Gasteiger charge is 2.33. The van der Waals surface area contributed by atoms with Gasteiger partial charge in [0.25, 0.3) is 0 Å². The monoisotopic (exact) mass is 456 g/mol. The number of halogens is 2. The van der Waals surface area contributed by atoms with Gasteiger partial charge in [-0.2, -0.15) is 0 Å². The van der Waals surface area contributed by atoms with Crippen molar-refractivity contribution in [1.82, 2.24) is 25.1 Å². The average Bonchev–Trinajstić information content (AvgIpc) is 3.49. The fourth-order valence-corrected chi connectivity index (χ4v) is 4.88. The van der Waals surface area contributed by atoms with Crippen LogP contribution in [0, 0.1) is 5.82 Å². The van der Waals surface area contributed by atoms with E-state index in [2.05, 4.69) is 25.3 Å². The van der Waals surface area contributed by atoms with Crippen LogP contribution >= 0.6 is 11.6 Å². The first kappa shape index (κ1) is 21.3. The van der Waals surface area contributed by atoms with Gasteiger partial charge in [0.1, 0.15) is 5.82 Å². The van der Waals surface area contributed by atoms with Crippen molar-refractivity contribution < 1.29 is 9.13 Å². The van der Waals surface area contributed by atoms with Gasteiger partial charge in [-0.1, -0.05) is 41.9 Å². The molecule has 2 unspecified atom stereocenters. The lowest BCUT2D eigenvalue weighted by Gasteiger charge is -2.40. The van der Waals surface area contributed by atoms with Gasteiger partial charge in [-0.3, -0.25) is 4.90 Å². The molecule has 1 aromatic heterocycles. The molecule has 0 amide bonds. The number of tetrazole rings is 1. The van der Waals surface area contributed by atoms with E-state index < -0.39 is 0 Å². The molecule has 0 spiro atoms. The summed E-state index contributed by atoms with van der Waals surface area (Å²) in [6.45, 7) is 4.28. The second kappa shape index (κ2) is 9.52. The molecule has 9 heteroatoms. The molecular weight excluding hydrogens is 431 g/mol. The fourth-order valence-electron chi connectivity index (χ4n) is 4.64. The van der Waals surface area contributed by atoms with E-state index in [1.54, 1.807) is 6.07 Å². The topological polar surface area (TPSA) is 59.3 Å². The van der Waals surface area contributed by atoms with Gasteiger partial charge in [-0.25, -0.2) is 9.07 Å². The number of piperazine rings is 1. The van der Waals surface area contributed by atoms with Crippen LogP contribution in [0.5, 0.6) is 0 Å². The Morgan fingerprint density at radius 3 is 2.59 bits per heavy atom. The number of hydrogen-bond acceptors (Lipinski definition) is 6. The van der Waals surface area contributed by atoms with Crippen molar-refractivity contribution in [3.63, 3.8) is 0 Å². The van der Waals surface area contributed by atoms with Crippen molar-refractivity contribution in [2.24, 2.45) is 0 Å². The van der Waals surface area contributed by atoms with Gasteiger partial charge in [0.05, 0.1) is 24.4 Å². The summed E-state index contributed by atoms with van der Waals surface area (Å²) in [5, 5.41) is 13.4. The molecule has 32 heavy (non-hydrogen) atoms. The first-order valence-corrected chi connectivity index (χ1v) is 11.4. The summed E-state index contributed by atoms with van der Waals surface area (Å²) in [5.74, 6) is 0.567. The Hall–Kier alpha value is -2.55. The molecule has 3 aromatic rings. The number of rotatable bonds is 6. The second-order valence-corrected chi connectivity index (χ2v) is 8.66. The van der Waals surface area contributed by atoms with Gasteiger partial charge in [0.2, 0.25) is 0 Å². The Kier molecular flexibility index (Phi) is 6.34. The lowest BCUT2D eigenvalue weighted by atomic mass is 10.0. The van der Waals surface area contributed by atoms with Gasteiger partial charge < -0.3 is 9.64 Å². The van der Waals surface area contributed by atoms with Crippen LogP contribution in [-0.4, -0.2) is 64.0 Å². The minimum atomic E-state index is -0.192. The number of aromatic nitrogens is 4. The molecule has 3 heterocycles. The van der Waals surface area contributed by atoms with E-state index in [1.807, 2.05) is 41.1 Å². The Labute approximate surface area is 191 Å². The number of nitrogens with zero attached hydrogens (tertiary/aromatic N) is 6. The van der Waals surface area contributed by atoms with Crippen molar-refractivity contribution in [1.29, 1.82) is 0 Å². The maximum Gasteiger partial charge on any atom is 0.173 e. The molecule has 5 rings (SSSR count). The van der Waals surface area contributed by atoms with E-state index in [1.165, 1.54) is 6.07 Å². The predicted octanol–water partition coefficient (Wildman–Crippen LogP) is 3.56. The molecule has 0 aliphatic carbocycles. The predicted molar refractivity (Wildman–Crippen MR) is 120 cm³/mol. The third kappa shape index (κ3) is 4.35. The Morgan fingerprint density at radius 2 is 1.84 bits per heavy atom. The molecule has 2 fully saturated rings. The van der Waals surface area contributed by atoms with Crippen molar-refractivity contribution in [2.75, 3.05) is 37.7 Å². The highest BCUT2D eigenvalue weighted by Crippen LogP contribution is 2.34. The molecular formula is C23H26ClFN6O. The first-order chi connectivity index (χ1) is 15.7. The highest BCUT2D eigenvalue weighted by molar-refractivity contribution is 6.31. The van der Waals surface area contributed by atoms with Crippen LogP contribution in [0.2, 0.25) is 5.02 Å². The van der Waals surface area contributed by atoms with Crippen molar-refractivity contribution >= 4 is 17.3 Å². The van der Waals surface area contributed by atoms with Crippen LogP contribution in [0.3, 0.4) is 0 Å². The zero-order valence-corrected chi connectivity index (χ0v) is 18.5. The normalized spacial score (nSPS) is 20.6. The lowest BCUT2D eigenvalue weighted by molar-refractivity contribution is 0.0906. The van der Waals surface area contributed by atoms with Crippen molar-refractivity contribution in [3.05, 3.63) is 70.8 Å². The van der Waals surface area contributed by atoms with Gasteiger partial charge in [-0.05, 0) is 47.0 Å². The molecule has 0 bridgehead atoms. The number of anilines is 1. The molecule has 0 N–H and O–H groups in total. The zero-order valence-electron chi connectivity index (χ0n) is 17.8. The highest BCUT2D eigenvalue weighted by atomic mass is 35.5. The van der Waals surface area contributed by atoms with E-state index in [-0.39, 0.29) is 18.0 Å². The van der Waals surface area contributed by atoms with Crippen LogP contribution in [0.15, 0.2) is 48.5 Å². The molecule has 0 saturated carbocycles. The summed E-state index contributed by atoms with van der Waals surface area (Å²) >= 11 is 6.63. The van der Waals surface area contributed by atoms with E-state index in [4.69, 9.17) is 16.3 Å². The Balaban J connectivity index is 1.42. The second-order valence-electron chi connectivity index (χ2n) is 8.25. The SMILES string of the molecule is Fc1ccccc1N1CCN(C(c2ccccc2Cl)c2nnnn2CC2CCCO2)CC1. The molecule has 168 valence electrons. The number of hydrogen-bond donors (Lipinski definition) is 0. The van der Waals surface area contributed by atoms with E-state index >= 15 is 0 Å². The summed E-state index contributed by atoms with van der Waals surface area (Å²) in [6.07, 6.45) is 2.20. The Bertz CT molecular complexity index is 1050. The van der Waals surface area contributed by atoms with Crippen molar-refractivity contribution in [3.8, 4) is 0 Å². The van der Waals surface area contributed by atoms with E-state index in [0.717, 1.165) is 43.9 Å². The number of ether oxygens (including phenoxy) is 1. The third-order valence-electron chi connectivity index (χ3n) is 6.28. The summed E-state index contributed by atoms with van der Waals surface area (Å²) in [4.78, 5) is 4.42. The van der Waals surface area contributed by atoms with E-state index in [0.29, 0.717) is 30.3 Å². The van der Waals surface area contributed by atoms with Crippen molar-refractivity contribution in [2.45, 2.75) is 31.5 Å². The molecule has 7 nitrogen and oxygen atoms in total. The van der Waals surface area contributed by atoms with Gasteiger partial charge >= 0.3 is 0 Å². The maximum absolute atomic E-state index is 14.3. The largest absolute Gasteiger partial charge is 0.376 e. The van der Waals surface area contributed by atoms with Crippen LogP contribution in [0.25, 0.3) is 0 Å². The quantitative estimate of drug-likeness (QED) is 0.565. The van der Waals surface area contributed by atoms with Gasteiger partial charge in [0.15, 0.2) is 5.82 Å². The minimum absolute atomic E-state index is 0.127. The fraction of sp³-hybridized carbons (Fsp3) is 0.435. The molecule has 2 aliphatic heterocycles. The number of benzene rings is 2. The summed E-state index contributed by atoms with van der Waals surface area (Å²) in [7, 11) is 0. The average molecular weight is 457 g/mol.